The lowest BCUT2D eigenvalue weighted by molar-refractivity contribution is 0.506. The highest BCUT2D eigenvalue weighted by Crippen LogP contribution is 2.28. The number of pyridine rings is 1. The van der Waals surface area contributed by atoms with Crippen LogP contribution in [0.1, 0.15) is 0 Å². The molecule has 0 bridgehead atoms. The van der Waals surface area contributed by atoms with Gasteiger partial charge in [-0.15, -0.1) is 0 Å². The molecule has 0 unspecified atom stereocenters. The van der Waals surface area contributed by atoms with E-state index in [1.807, 2.05) is 0 Å². The molecule has 2 aromatic rings. The second kappa shape index (κ2) is 4.57. The van der Waals surface area contributed by atoms with Crippen molar-refractivity contribution in [2.45, 2.75) is 9.79 Å². The standard InChI is InChI=1S/C11H6F3NS/c12-9-2-1-7(5-10(9)13)16-8-3-4-15-11(14)6-8/h1-6H. The van der Waals surface area contributed by atoms with Crippen LogP contribution in [0.4, 0.5) is 13.2 Å². The summed E-state index contributed by atoms with van der Waals surface area (Å²) in [6, 6.07) is 6.36. The molecule has 0 saturated heterocycles. The van der Waals surface area contributed by atoms with E-state index in [-0.39, 0.29) is 0 Å². The van der Waals surface area contributed by atoms with E-state index < -0.39 is 17.6 Å². The number of hydrogen-bond acceptors (Lipinski definition) is 2. The first-order valence-electron chi connectivity index (χ1n) is 4.39. The van der Waals surface area contributed by atoms with Gasteiger partial charge in [-0.3, -0.25) is 0 Å². The molecule has 0 N–H and O–H groups in total. The fourth-order valence-corrected chi connectivity index (χ4v) is 1.98. The van der Waals surface area contributed by atoms with Crippen molar-refractivity contribution in [3.05, 3.63) is 54.1 Å². The van der Waals surface area contributed by atoms with Crippen molar-refractivity contribution in [1.29, 1.82) is 0 Å². The van der Waals surface area contributed by atoms with Gasteiger partial charge in [-0.25, -0.2) is 13.8 Å². The number of hydrogen-bond donors (Lipinski definition) is 0. The summed E-state index contributed by atoms with van der Waals surface area (Å²) in [5.41, 5.74) is 0. The van der Waals surface area contributed by atoms with Crippen LogP contribution in [0.3, 0.4) is 0 Å². The molecule has 2 rings (SSSR count). The molecule has 0 saturated carbocycles. The summed E-state index contributed by atoms with van der Waals surface area (Å²) in [5.74, 6) is -2.42. The maximum Gasteiger partial charge on any atom is 0.213 e. The van der Waals surface area contributed by atoms with Crippen LogP contribution in [0.25, 0.3) is 0 Å². The van der Waals surface area contributed by atoms with Crippen molar-refractivity contribution in [3.63, 3.8) is 0 Å². The molecule has 0 aliphatic carbocycles. The first kappa shape index (κ1) is 11.0. The minimum absolute atomic E-state index is 0.504. The van der Waals surface area contributed by atoms with Gasteiger partial charge in [-0.05, 0) is 24.3 Å². The summed E-state index contributed by atoms with van der Waals surface area (Å²) in [7, 11) is 0. The monoisotopic (exact) mass is 241 g/mol. The molecule has 5 heteroatoms. The van der Waals surface area contributed by atoms with E-state index in [1.54, 1.807) is 6.07 Å². The number of benzene rings is 1. The zero-order valence-corrected chi connectivity index (χ0v) is 8.77. The second-order valence-corrected chi connectivity index (χ2v) is 4.14. The van der Waals surface area contributed by atoms with Crippen LogP contribution in [-0.4, -0.2) is 4.98 Å². The minimum Gasteiger partial charge on any atom is -0.228 e. The Morgan fingerprint density at radius 2 is 1.62 bits per heavy atom. The molecule has 0 radical (unpaired) electrons. The third kappa shape index (κ3) is 2.55. The largest absolute Gasteiger partial charge is 0.228 e. The summed E-state index contributed by atoms with van der Waals surface area (Å²) in [5, 5.41) is 0. The molecular weight excluding hydrogens is 235 g/mol. The lowest BCUT2D eigenvalue weighted by Gasteiger charge is -2.01. The van der Waals surface area contributed by atoms with Gasteiger partial charge in [0, 0.05) is 22.1 Å². The summed E-state index contributed by atoms with van der Waals surface area (Å²) in [6.45, 7) is 0. The first-order chi connectivity index (χ1) is 7.65. The molecule has 16 heavy (non-hydrogen) atoms. The van der Waals surface area contributed by atoms with E-state index in [4.69, 9.17) is 0 Å². The predicted molar refractivity (Wildman–Crippen MR) is 54.7 cm³/mol. The Labute approximate surface area is 94.3 Å². The van der Waals surface area contributed by atoms with E-state index in [2.05, 4.69) is 4.98 Å². The van der Waals surface area contributed by atoms with Gasteiger partial charge in [-0.1, -0.05) is 11.8 Å². The highest BCUT2D eigenvalue weighted by Gasteiger charge is 2.04. The van der Waals surface area contributed by atoms with Crippen molar-refractivity contribution < 1.29 is 13.2 Å². The van der Waals surface area contributed by atoms with E-state index in [1.165, 1.54) is 18.3 Å². The van der Waals surface area contributed by atoms with E-state index in [0.29, 0.717) is 9.79 Å². The summed E-state index contributed by atoms with van der Waals surface area (Å²) >= 11 is 1.14. The average molecular weight is 241 g/mol. The number of nitrogens with zero attached hydrogens (tertiary/aromatic N) is 1. The van der Waals surface area contributed by atoms with Crippen LogP contribution >= 0.6 is 11.8 Å². The van der Waals surface area contributed by atoms with Gasteiger partial charge in [0.05, 0.1) is 0 Å². The van der Waals surface area contributed by atoms with E-state index in [0.717, 1.165) is 23.9 Å². The highest BCUT2D eigenvalue weighted by molar-refractivity contribution is 7.99. The lowest BCUT2D eigenvalue weighted by atomic mass is 10.3. The van der Waals surface area contributed by atoms with Gasteiger partial charge in [0.25, 0.3) is 0 Å². The van der Waals surface area contributed by atoms with Crippen LogP contribution in [0.15, 0.2) is 46.3 Å². The Kier molecular flexibility index (Phi) is 3.14. The van der Waals surface area contributed by atoms with E-state index in [9.17, 15) is 13.2 Å². The Morgan fingerprint density at radius 1 is 0.875 bits per heavy atom. The van der Waals surface area contributed by atoms with Crippen molar-refractivity contribution >= 4 is 11.8 Å². The van der Waals surface area contributed by atoms with E-state index >= 15 is 0 Å². The van der Waals surface area contributed by atoms with Crippen molar-refractivity contribution in [3.8, 4) is 0 Å². The zero-order chi connectivity index (χ0) is 11.5. The Morgan fingerprint density at radius 3 is 2.31 bits per heavy atom. The van der Waals surface area contributed by atoms with Crippen molar-refractivity contribution in [2.75, 3.05) is 0 Å². The highest BCUT2D eigenvalue weighted by atomic mass is 32.2. The number of aromatic nitrogens is 1. The Balaban J connectivity index is 2.24. The van der Waals surface area contributed by atoms with Crippen molar-refractivity contribution in [1.82, 2.24) is 4.98 Å². The normalized spacial score (nSPS) is 10.4. The molecule has 0 amide bonds. The molecule has 0 aliphatic heterocycles. The first-order valence-corrected chi connectivity index (χ1v) is 5.21. The van der Waals surface area contributed by atoms with Crippen LogP contribution in [-0.2, 0) is 0 Å². The topological polar surface area (TPSA) is 12.9 Å². The zero-order valence-electron chi connectivity index (χ0n) is 7.95. The van der Waals surface area contributed by atoms with Crippen LogP contribution in [0.2, 0.25) is 0 Å². The minimum atomic E-state index is -0.917. The van der Waals surface area contributed by atoms with Crippen LogP contribution in [0, 0.1) is 17.6 Å². The maximum atomic E-state index is 12.9. The van der Waals surface area contributed by atoms with Gasteiger partial charge in [0.15, 0.2) is 11.6 Å². The van der Waals surface area contributed by atoms with Gasteiger partial charge in [0.2, 0.25) is 5.95 Å². The van der Waals surface area contributed by atoms with Gasteiger partial charge in [0.1, 0.15) is 0 Å². The lowest BCUT2D eigenvalue weighted by Crippen LogP contribution is -1.85. The van der Waals surface area contributed by atoms with Crippen LogP contribution < -0.4 is 0 Å². The fraction of sp³-hybridized carbons (Fsp3) is 0. The third-order valence-electron chi connectivity index (χ3n) is 1.82. The molecule has 1 heterocycles. The summed E-state index contributed by atoms with van der Waals surface area (Å²) < 4.78 is 38.3. The summed E-state index contributed by atoms with van der Waals surface area (Å²) in [4.78, 5) is 4.49. The maximum absolute atomic E-state index is 12.9. The predicted octanol–water partition coefficient (Wildman–Crippen LogP) is 3.65. The fourth-order valence-electron chi connectivity index (χ4n) is 1.12. The Hall–Kier alpha value is -1.49. The van der Waals surface area contributed by atoms with Gasteiger partial charge >= 0.3 is 0 Å². The van der Waals surface area contributed by atoms with Gasteiger partial charge < -0.3 is 0 Å². The summed E-state index contributed by atoms with van der Waals surface area (Å²) in [6.07, 6.45) is 1.32. The molecule has 0 spiro atoms. The molecule has 82 valence electrons. The molecule has 1 aromatic heterocycles. The molecule has 0 aliphatic rings. The van der Waals surface area contributed by atoms with Gasteiger partial charge in [-0.2, -0.15) is 4.39 Å². The molecule has 1 aromatic carbocycles. The van der Waals surface area contributed by atoms with Crippen molar-refractivity contribution in [2.24, 2.45) is 0 Å². The quantitative estimate of drug-likeness (QED) is 0.744. The van der Waals surface area contributed by atoms with Crippen LogP contribution in [0.5, 0.6) is 0 Å². The second-order valence-electron chi connectivity index (χ2n) is 2.99. The molecule has 0 atom stereocenters. The third-order valence-corrected chi connectivity index (χ3v) is 2.80. The molecule has 0 fully saturated rings. The number of halogens is 3. The Bertz CT molecular complexity index is 516. The SMILES string of the molecule is Fc1cc(Sc2ccc(F)c(F)c2)ccn1. The number of rotatable bonds is 2. The molecular formula is C11H6F3NS. The molecule has 1 nitrogen and oxygen atoms in total. The average Bonchev–Trinajstić information content (AvgIpc) is 2.24. The smallest absolute Gasteiger partial charge is 0.213 e.